The highest BCUT2D eigenvalue weighted by molar-refractivity contribution is 14.1. The minimum Gasteiger partial charge on any atom is -0.489 e. The van der Waals surface area contributed by atoms with Gasteiger partial charge in [-0.2, -0.15) is 0 Å². The van der Waals surface area contributed by atoms with E-state index in [-0.39, 0.29) is 0 Å². The fourth-order valence-corrected chi connectivity index (χ4v) is 3.18. The number of hydrogen-bond acceptors (Lipinski definition) is 3. The quantitative estimate of drug-likeness (QED) is 0.193. The van der Waals surface area contributed by atoms with Crippen molar-refractivity contribution in [2.45, 2.75) is 6.61 Å². The molecule has 0 aliphatic rings. The van der Waals surface area contributed by atoms with Gasteiger partial charge in [0.05, 0.1) is 5.69 Å². The highest BCUT2D eigenvalue weighted by atomic mass is 127. The first-order valence-electron chi connectivity index (χ1n) is 9.59. The zero-order valence-electron chi connectivity index (χ0n) is 16.2. The van der Waals surface area contributed by atoms with E-state index in [2.05, 4.69) is 27.6 Å². The summed E-state index contributed by atoms with van der Waals surface area (Å²) in [6.07, 6.45) is 1.83. The zero-order chi connectivity index (χ0) is 20.6. The van der Waals surface area contributed by atoms with E-state index in [0.29, 0.717) is 6.61 Å². The summed E-state index contributed by atoms with van der Waals surface area (Å²) in [5.41, 5.74) is 2.96. The molecule has 0 unspecified atom stereocenters. The molecule has 4 aromatic rings. The Morgan fingerprint density at radius 3 is 2.13 bits per heavy atom. The number of rotatable bonds is 7. The van der Waals surface area contributed by atoms with Crippen molar-refractivity contribution >= 4 is 34.5 Å². The summed E-state index contributed by atoms with van der Waals surface area (Å²) in [6, 6.07) is 33.7. The molecule has 0 radical (unpaired) electrons. The summed E-state index contributed by atoms with van der Waals surface area (Å²) < 4.78 is 13.1. The molecular formula is C26H20INO2. The van der Waals surface area contributed by atoms with Crippen molar-refractivity contribution in [3.63, 3.8) is 0 Å². The van der Waals surface area contributed by atoms with Gasteiger partial charge in [0.1, 0.15) is 23.9 Å². The fraction of sp³-hybridized carbons (Fsp3) is 0.0385. The van der Waals surface area contributed by atoms with Gasteiger partial charge in [-0.1, -0.05) is 42.5 Å². The Morgan fingerprint density at radius 2 is 1.37 bits per heavy atom. The van der Waals surface area contributed by atoms with E-state index < -0.39 is 0 Å². The summed E-state index contributed by atoms with van der Waals surface area (Å²) in [4.78, 5) is 4.56. The highest BCUT2D eigenvalue weighted by Gasteiger charge is 2.04. The molecule has 0 heterocycles. The molecule has 4 heteroatoms. The maximum atomic E-state index is 6.09. The van der Waals surface area contributed by atoms with Gasteiger partial charge in [-0.15, -0.1) is 0 Å². The van der Waals surface area contributed by atoms with Crippen molar-refractivity contribution in [1.29, 1.82) is 0 Å². The second kappa shape index (κ2) is 10.1. The lowest BCUT2D eigenvalue weighted by molar-refractivity contribution is 0.306. The Kier molecular flexibility index (Phi) is 6.77. The zero-order valence-corrected chi connectivity index (χ0v) is 18.4. The SMILES string of the molecule is Ic1ccc(N=Cc2ccccc2Oc2ccc(OCc3ccccc3)cc2)cc1. The molecule has 0 atom stereocenters. The van der Waals surface area contributed by atoms with E-state index in [0.717, 1.165) is 34.1 Å². The van der Waals surface area contributed by atoms with Crippen LogP contribution in [0.25, 0.3) is 0 Å². The molecular weight excluding hydrogens is 485 g/mol. The summed E-state index contributed by atoms with van der Waals surface area (Å²) in [6.45, 7) is 0.541. The Hall–Kier alpha value is -3.12. The average Bonchev–Trinajstić information content (AvgIpc) is 2.80. The van der Waals surface area contributed by atoms with Gasteiger partial charge in [0.25, 0.3) is 0 Å². The van der Waals surface area contributed by atoms with Gasteiger partial charge in [0.15, 0.2) is 0 Å². The number of aliphatic imine (C=N–C) groups is 1. The third-order valence-corrected chi connectivity index (χ3v) is 5.12. The second-order valence-corrected chi connectivity index (χ2v) is 7.87. The van der Waals surface area contributed by atoms with Crippen LogP contribution in [0, 0.1) is 3.57 Å². The van der Waals surface area contributed by atoms with Crippen LogP contribution >= 0.6 is 22.6 Å². The summed E-state index contributed by atoms with van der Waals surface area (Å²) >= 11 is 2.28. The van der Waals surface area contributed by atoms with Gasteiger partial charge < -0.3 is 9.47 Å². The Bertz CT molecular complexity index is 1110. The minimum absolute atomic E-state index is 0.541. The third-order valence-electron chi connectivity index (χ3n) is 4.40. The lowest BCUT2D eigenvalue weighted by Gasteiger charge is -2.10. The number of para-hydroxylation sites is 1. The van der Waals surface area contributed by atoms with E-state index in [1.165, 1.54) is 3.57 Å². The van der Waals surface area contributed by atoms with Gasteiger partial charge in [0.2, 0.25) is 0 Å². The summed E-state index contributed by atoms with van der Waals surface area (Å²) in [7, 11) is 0. The summed E-state index contributed by atoms with van der Waals surface area (Å²) in [5, 5.41) is 0. The molecule has 0 spiro atoms. The van der Waals surface area contributed by atoms with Crippen molar-refractivity contribution in [2.24, 2.45) is 4.99 Å². The van der Waals surface area contributed by atoms with Gasteiger partial charge in [-0.05, 0) is 88.8 Å². The third kappa shape index (κ3) is 5.70. The molecule has 0 saturated carbocycles. The van der Waals surface area contributed by atoms with Crippen molar-refractivity contribution in [3.8, 4) is 17.2 Å². The molecule has 0 bridgehead atoms. The average molecular weight is 505 g/mol. The van der Waals surface area contributed by atoms with Gasteiger partial charge in [-0.25, -0.2) is 0 Å². The van der Waals surface area contributed by atoms with Crippen LogP contribution < -0.4 is 9.47 Å². The predicted octanol–water partition coefficient (Wildman–Crippen LogP) is 7.41. The molecule has 0 aromatic heterocycles. The molecule has 4 rings (SSSR count). The van der Waals surface area contributed by atoms with Crippen molar-refractivity contribution in [3.05, 3.63) is 118 Å². The van der Waals surface area contributed by atoms with Crippen LogP contribution in [0.15, 0.2) is 108 Å². The van der Waals surface area contributed by atoms with E-state index in [9.17, 15) is 0 Å². The van der Waals surface area contributed by atoms with E-state index >= 15 is 0 Å². The van der Waals surface area contributed by atoms with Gasteiger partial charge >= 0.3 is 0 Å². The lowest BCUT2D eigenvalue weighted by atomic mass is 10.2. The monoisotopic (exact) mass is 505 g/mol. The van der Waals surface area contributed by atoms with Crippen LogP contribution in [0.1, 0.15) is 11.1 Å². The smallest absolute Gasteiger partial charge is 0.136 e. The first-order valence-corrected chi connectivity index (χ1v) is 10.7. The number of hydrogen-bond donors (Lipinski definition) is 0. The van der Waals surface area contributed by atoms with E-state index in [4.69, 9.17) is 9.47 Å². The van der Waals surface area contributed by atoms with Crippen LogP contribution in [-0.2, 0) is 6.61 Å². The summed E-state index contributed by atoms with van der Waals surface area (Å²) in [5.74, 6) is 2.31. The molecule has 4 aromatic carbocycles. The first-order chi connectivity index (χ1) is 14.8. The maximum Gasteiger partial charge on any atom is 0.136 e. The van der Waals surface area contributed by atoms with Crippen molar-refractivity contribution in [1.82, 2.24) is 0 Å². The predicted molar refractivity (Wildman–Crippen MR) is 130 cm³/mol. The number of halogens is 1. The lowest BCUT2D eigenvalue weighted by Crippen LogP contribution is -1.95. The highest BCUT2D eigenvalue weighted by Crippen LogP contribution is 2.27. The molecule has 3 nitrogen and oxygen atoms in total. The molecule has 30 heavy (non-hydrogen) atoms. The Balaban J connectivity index is 1.42. The topological polar surface area (TPSA) is 30.8 Å². The van der Waals surface area contributed by atoms with Gasteiger partial charge in [0, 0.05) is 15.3 Å². The van der Waals surface area contributed by atoms with Crippen LogP contribution in [-0.4, -0.2) is 6.21 Å². The van der Waals surface area contributed by atoms with Crippen molar-refractivity contribution < 1.29 is 9.47 Å². The van der Waals surface area contributed by atoms with Crippen LogP contribution in [0.2, 0.25) is 0 Å². The second-order valence-electron chi connectivity index (χ2n) is 6.62. The van der Waals surface area contributed by atoms with E-state index in [1.807, 2.05) is 109 Å². The number of benzene rings is 4. The fourth-order valence-electron chi connectivity index (χ4n) is 2.82. The largest absolute Gasteiger partial charge is 0.489 e. The molecule has 0 aliphatic carbocycles. The van der Waals surface area contributed by atoms with E-state index in [1.54, 1.807) is 0 Å². The standard InChI is InChI=1S/C26H20INO2/c27-22-10-12-23(13-11-22)28-18-21-8-4-5-9-26(21)30-25-16-14-24(15-17-25)29-19-20-6-2-1-3-7-20/h1-18H,19H2. The molecule has 0 aliphatic heterocycles. The molecule has 0 N–H and O–H groups in total. The maximum absolute atomic E-state index is 6.09. The number of nitrogens with zero attached hydrogens (tertiary/aromatic N) is 1. The number of ether oxygens (including phenoxy) is 2. The minimum atomic E-state index is 0.541. The van der Waals surface area contributed by atoms with Crippen LogP contribution in [0.3, 0.4) is 0 Å². The molecule has 148 valence electrons. The molecule has 0 amide bonds. The normalized spacial score (nSPS) is 10.8. The Labute approximate surface area is 190 Å². The Morgan fingerprint density at radius 1 is 0.700 bits per heavy atom. The molecule has 0 fully saturated rings. The van der Waals surface area contributed by atoms with Crippen LogP contribution in [0.5, 0.6) is 17.2 Å². The van der Waals surface area contributed by atoms with Crippen molar-refractivity contribution in [2.75, 3.05) is 0 Å². The van der Waals surface area contributed by atoms with Crippen LogP contribution in [0.4, 0.5) is 5.69 Å². The first kappa shape index (κ1) is 20.2. The molecule has 0 saturated heterocycles. The van der Waals surface area contributed by atoms with Gasteiger partial charge in [-0.3, -0.25) is 4.99 Å².